The van der Waals surface area contributed by atoms with E-state index in [-0.39, 0.29) is 11.8 Å². The van der Waals surface area contributed by atoms with Crippen molar-refractivity contribution < 1.29 is 23.8 Å². The number of carbonyl (C=O) groups is 2. The number of alkyl carbamates (subject to hydrolysis) is 1. The molecule has 2 aliphatic carbocycles. The Morgan fingerprint density at radius 2 is 1.94 bits per heavy atom. The Morgan fingerprint density at radius 1 is 1.25 bits per heavy atom. The fourth-order valence-electron chi connectivity index (χ4n) is 5.19. The third-order valence-electron chi connectivity index (χ3n) is 7.64. The average Bonchev–Trinajstić information content (AvgIpc) is 3.65. The molecule has 2 atom stereocenters. The molecule has 7 heteroatoms. The van der Waals surface area contributed by atoms with Crippen LogP contribution >= 0.6 is 0 Å². The summed E-state index contributed by atoms with van der Waals surface area (Å²) in [5, 5.41) is 3.01. The minimum atomic E-state index is -1.39. The number of hydrogen-bond donors (Lipinski definition) is 1. The topological polar surface area (TPSA) is 86.8 Å². The summed E-state index contributed by atoms with van der Waals surface area (Å²) in [6, 6.07) is 1.49. The van der Waals surface area contributed by atoms with E-state index < -0.39 is 35.1 Å². The van der Waals surface area contributed by atoms with Gasteiger partial charge in [0.25, 0.3) is 0 Å². The second-order valence-corrected chi connectivity index (χ2v) is 13.1. The molecule has 0 aromatic carbocycles. The van der Waals surface area contributed by atoms with Gasteiger partial charge in [-0.05, 0) is 88.3 Å². The van der Waals surface area contributed by atoms with Gasteiger partial charge >= 0.3 is 12.1 Å². The second kappa shape index (κ2) is 9.62. The molecule has 1 aliphatic heterocycles. The van der Waals surface area contributed by atoms with Crippen molar-refractivity contribution in [2.45, 2.75) is 129 Å². The average molecular weight is 501 g/mol. The molecule has 2 saturated carbocycles. The number of nitrogens with zero attached hydrogens (tertiary/aromatic N) is 1. The van der Waals surface area contributed by atoms with Crippen LogP contribution in [0.1, 0.15) is 103 Å². The van der Waals surface area contributed by atoms with E-state index in [0.29, 0.717) is 6.42 Å². The number of aryl methyl sites for hydroxylation is 2. The molecule has 0 bridgehead atoms. The highest BCUT2D eigenvalue weighted by Crippen LogP contribution is 2.51. The van der Waals surface area contributed by atoms with E-state index in [4.69, 9.17) is 14.2 Å². The number of hydrogen-bond acceptors (Lipinski definition) is 6. The third kappa shape index (κ3) is 6.78. The van der Waals surface area contributed by atoms with Gasteiger partial charge in [-0.15, -0.1) is 0 Å². The predicted molar refractivity (Wildman–Crippen MR) is 137 cm³/mol. The minimum Gasteiger partial charge on any atom is -0.444 e. The lowest BCUT2D eigenvalue weighted by atomic mass is 9.82. The van der Waals surface area contributed by atoms with Crippen molar-refractivity contribution in [2.24, 2.45) is 11.3 Å². The lowest BCUT2D eigenvalue weighted by Crippen LogP contribution is -2.59. The maximum Gasteiger partial charge on any atom is 0.407 e. The maximum atomic E-state index is 13.6. The first-order chi connectivity index (χ1) is 16.7. The van der Waals surface area contributed by atoms with Gasteiger partial charge in [0, 0.05) is 32.2 Å². The van der Waals surface area contributed by atoms with E-state index in [1.807, 2.05) is 27.0 Å². The molecule has 36 heavy (non-hydrogen) atoms. The van der Waals surface area contributed by atoms with Crippen molar-refractivity contribution in [1.82, 2.24) is 10.3 Å². The predicted octanol–water partition coefficient (Wildman–Crippen LogP) is 5.80. The molecule has 200 valence electrons. The summed E-state index contributed by atoms with van der Waals surface area (Å²) in [6.07, 6.45) is 10.4. The van der Waals surface area contributed by atoms with Gasteiger partial charge in [-0.1, -0.05) is 26.2 Å². The fraction of sp³-hybridized carbons (Fsp3) is 0.759. The number of ether oxygens (including phenoxy) is 3. The molecule has 0 radical (unpaired) electrons. The van der Waals surface area contributed by atoms with Gasteiger partial charge in [-0.25, -0.2) is 9.59 Å². The fourth-order valence-corrected chi connectivity index (χ4v) is 5.19. The summed E-state index contributed by atoms with van der Waals surface area (Å²) in [4.78, 5) is 31.2. The van der Waals surface area contributed by atoms with E-state index in [2.05, 4.69) is 30.2 Å². The quantitative estimate of drug-likeness (QED) is 0.409. The zero-order valence-electron chi connectivity index (χ0n) is 23.2. The van der Waals surface area contributed by atoms with Crippen molar-refractivity contribution in [2.75, 3.05) is 0 Å². The van der Waals surface area contributed by atoms with Crippen LogP contribution in [0.25, 0.3) is 0 Å². The molecule has 1 saturated heterocycles. The van der Waals surface area contributed by atoms with Gasteiger partial charge in [-0.3, -0.25) is 4.98 Å². The van der Waals surface area contributed by atoms with Crippen LogP contribution < -0.4 is 5.32 Å². The normalized spacial score (nSPS) is 25.2. The standard InChI is InChI=1S/C29H44N2O5/c1-19-18-30-22(15-21(19)10-8-9-20-11-12-20)16-29(24(32)34-27(5,6)36-29)23(17-28(7)13-14-28)31-25(33)35-26(2,3)4/h15,18,20,23H,8-14,16-17H2,1-7H3,(H,31,33)/t23-,29+/m0/s1. The number of pyridine rings is 1. The third-order valence-corrected chi connectivity index (χ3v) is 7.64. The van der Waals surface area contributed by atoms with Gasteiger partial charge in [0.05, 0.1) is 6.04 Å². The largest absolute Gasteiger partial charge is 0.444 e. The van der Waals surface area contributed by atoms with Gasteiger partial charge in [0.15, 0.2) is 5.60 Å². The number of carbonyl (C=O) groups excluding carboxylic acids is 2. The van der Waals surface area contributed by atoms with E-state index in [1.54, 1.807) is 13.8 Å². The first-order valence-corrected chi connectivity index (χ1v) is 13.6. The lowest BCUT2D eigenvalue weighted by Gasteiger charge is -2.36. The second-order valence-electron chi connectivity index (χ2n) is 13.1. The molecule has 3 aliphatic rings. The van der Waals surface area contributed by atoms with Crippen molar-refractivity contribution in [1.29, 1.82) is 0 Å². The van der Waals surface area contributed by atoms with Crippen LogP contribution in [0.2, 0.25) is 0 Å². The first-order valence-electron chi connectivity index (χ1n) is 13.6. The van der Waals surface area contributed by atoms with Crippen molar-refractivity contribution >= 4 is 12.1 Å². The van der Waals surface area contributed by atoms with Crippen LogP contribution in [0, 0.1) is 18.3 Å². The molecular weight excluding hydrogens is 456 g/mol. The molecule has 1 aromatic heterocycles. The maximum absolute atomic E-state index is 13.6. The molecule has 4 rings (SSSR count). The molecular formula is C29H44N2O5. The molecule has 1 N–H and O–H groups in total. The van der Waals surface area contributed by atoms with Gasteiger partial charge < -0.3 is 19.5 Å². The number of nitrogens with one attached hydrogen (secondary N) is 1. The molecule has 7 nitrogen and oxygen atoms in total. The summed E-state index contributed by atoms with van der Waals surface area (Å²) >= 11 is 0. The molecule has 0 unspecified atom stereocenters. The van der Waals surface area contributed by atoms with Crippen LogP contribution in [0.3, 0.4) is 0 Å². The van der Waals surface area contributed by atoms with Gasteiger partial charge in [-0.2, -0.15) is 0 Å². The monoisotopic (exact) mass is 500 g/mol. The molecule has 1 aromatic rings. The Kier molecular flexibility index (Phi) is 7.19. The zero-order valence-corrected chi connectivity index (χ0v) is 23.2. The Morgan fingerprint density at radius 3 is 2.50 bits per heavy atom. The summed E-state index contributed by atoms with van der Waals surface area (Å²) in [7, 11) is 0. The highest BCUT2D eigenvalue weighted by molar-refractivity contribution is 5.84. The Hall–Kier alpha value is -2.15. The van der Waals surface area contributed by atoms with E-state index in [0.717, 1.165) is 42.9 Å². The van der Waals surface area contributed by atoms with Crippen LogP contribution in [-0.2, 0) is 31.8 Å². The summed E-state index contributed by atoms with van der Waals surface area (Å²) in [6.45, 7) is 13.2. The summed E-state index contributed by atoms with van der Waals surface area (Å²) < 4.78 is 17.7. The van der Waals surface area contributed by atoms with Gasteiger partial charge in [0.2, 0.25) is 5.79 Å². The van der Waals surface area contributed by atoms with Crippen LogP contribution in [0.5, 0.6) is 0 Å². The zero-order chi connectivity index (χ0) is 26.4. The smallest absolute Gasteiger partial charge is 0.407 e. The Bertz CT molecular complexity index is 990. The highest BCUT2D eigenvalue weighted by Gasteiger charge is 2.61. The summed E-state index contributed by atoms with van der Waals surface area (Å²) in [5.74, 6) is -0.662. The summed E-state index contributed by atoms with van der Waals surface area (Å²) in [5.41, 5.74) is 1.18. The number of rotatable bonds is 10. The van der Waals surface area contributed by atoms with Gasteiger partial charge in [0.1, 0.15) is 5.60 Å². The minimum absolute atomic E-state index is 0.0394. The van der Waals surface area contributed by atoms with E-state index >= 15 is 0 Å². The van der Waals surface area contributed by atoms with Crippen molar-refractivity contribution in [3.05, 3.63) is 29.1 Å². The molecule has 3 fully saturated rings. The Labute approximate surface area is 216 Å². The lowest BCUT2D eigenvalue weighted by molar-refractivity contribution is -0.171. The van der Waals surface area contributed by atoms with Crippen molar-refractivity contribution in [3.63, 3.8) is 0 Å². The van der Waals surface area contributed by atoms with Crippen LogP contribution in [-0.4, -0.2) is 40.1 Å². The SMILES string of the molecule is Cc1cnc(C[C@]2([C@H](CC3(C)CC3)NC(=O)OC(C)(C)C)OC(C)(C)OC2=O)cc1CCCC1CC1. The van der Waals surface area contributed by atoms with E-state index in [9.17, 15) is 9.59 Å². The first kappa shape index (κ1) is 26.9. The van der Waals surface area contributed by atoms with Crippen LogP contribution in [0.15, 0.2) is 12.3 Å². The van der Waals surface area contributed by atoms with Crippen molar-refractivity contribution in [3.8, 4) is 0 Å². The number of aromatic nitrogens is 1. The molecule has 1 amide bonds. The van der Waals surface area contributed by atoms with E-state index in [1.165, 1.54) is 24.8 Å². The molecule has 0 spiro atoms. The highest BCUT2D eigenvalue weighted by atomic mass is 16.8. The molecule has 2 heterocycles. The number of esters is 1. The number of cyclic esters (lactones) is 1. The van der Waals surface area contributed by atoms with Crippen LogP contribution in [0.4, 0.5) is 4.79 Å². The number of amides is 1. The Balaban J connectivity index is 1.62.